The number of aromatic hydroxyl groups is 1. The Labute approximate surface area is 71.0 Å². The second kappa shape index (κ2) is 3.26. The fourth-order valence-corrected chi connectivity index (χ4v) is 1.02. The largest absolute Gasteiger partial charge is 0.508 e. The van der Waals surface area contributed by atoms with Crippen molar-refractivity contribution in [3.05, 3.63) is 23.3 Å². The minimum atomic E-state index is 0.254. The van der Waals surface area contributed by atoms with Gasteiger partial charge in [0.15, 0.2) is 0 Å². The van der Waals surface area contributed by atoms with E-state index < -0.39 is 0 Å². The average Bonchev–Trinajstić information content (AvgIpc) is 2.01. The van der Waals surface area contributed by atoms with Crippen LogP contribution in [0.1, 0.15) is 11.1 Å². The molecule has 0 atom stereocenters. The quantitative estimate of drug-likeness (QED) is 0.516. The summed E-state index contributed by atoms with van der Waals surface area (Å²) in [5.41, 5.74) is 2.34. The third-order valence-electron chi connectivity index (χ3n) is 1.76. The molecule has 3 nitrogen and oxygen atoms in total. The van der Waals surface area contributed by atoms with Crippen LogP contribution >= 0.6 is 0 Å². The van der Waals surface area contributed by atoms with E-state index in [1.807, 2.05) is 6.92 Å². The van der Waals surface area contributed by atoms with Gasteiger partial charge in [-0.1, -0.05) is 0 Å². The van der Waals surface area contributed by atoms with E-state index in [1.54, 1.807) is 19.1 Å². The van der Waals surface area contributed by atoms with Gasteiger partial charge in [0.1, 0.15) is 5.75 Å². The molecule has 1 aromatic carbocycles. The van der Waals surface area contributed by atoms with Crippen LogP contribution in [0, 0.1) is 13.8 Å². The number of nitrogens with one attached hydrogen (secondary N) is 1. The highest BCUT2D eigenvalue weighted by molar-refractivity contribution is 5.74. The number of phenols is 1. The van der Waals surface area contributed by atoms with Crippen molar-refractivity contribution in [2.45, 2.75) is 13.8 Å². The van der Waals surface area contributed by atoms with Crippen LogP contribution in [0.4, 0.5) is 5.69 Å². The van der Waals surface area contributed by atoms with Crippen LogP contribution in [0.15, 0.2) is 12.1 Å². The second-order valence-corrected chi connectivity index (χ2v) is 2.72. The van der Waals surface area contributed by atoms with Gasteiger partial charge in [-0.05, 0) is 37.1 Å². The third-order valence-corrected chi connectivity index (χ3v) is 1.76. The molecule has 0 unspecified atom stereocenters. The van der Waals surface area contributed by atoms with Gasteiger partial charge < -0.3 is 10.4 Å². The Kier molecular flexibility index (Phi) is 2.33. The van der Waals surface area contributed by atoms with Gasteiger partial charge in [-0.25, -0.2) is 0 Å². The van der Waals surface area contributed by atoms with E-state index in [9.17, 15) is 9.90 Å². The van der Waals surface area contributed by atoms with E-state index in [0.29, 0.717) is 6.41 Å². The molecule has 0 saturated carbocycles. The molecule has 0 heterocycles. The molecule has 0 aliphatic heterocycles. The summed E-state index contributed by atoms with van der Waals surface area (Å²) in [5.74, 6) is 0.254. The van der Waals surface area contributed by atoms with Gasteiger partial charge in [0.2, 0.25) is 6.41 Å². The van der Waals surface area contributed by atoms with Crippen LogP contribution < -0.4 is 5.32 Å². The normalized spacial score (nSPS) is 9.50. The molecule has 64 valence electrons. The maximum absolute atomic E-state index is 10.1. The number of hydrogen-bond acceptors (Lipinski definition) is 2. The van der Waals surface area contributed by atoms with E-state index in [1.165, 1.54) is 0 Å². The molecule has 0 aliphatic rings. The van der Waals surface area contributed by atoms with Crippen molar-refractivity contribution in [3.63, 3.8) is 0 Å². The van der Waals surface area contributed by atoms with Crippen LogP contribution in [0.5, 0.6) is 5.75 Å². The Hall–Kier alpha value is -1.51. The number of hydrogen-bond donors (Lipinski definition) is 2. The molecule has 0 aliphatic carbocycles. The summed E-state index contributed by atoms with van der Waals surface area (Å²) in [6.07, 6.45) is 0.624. The summed E-state index contributed by atoms with van der Waals surface area (Å²) in [4.78, 5) is 10.1. The summed E-state index contributed by atoms with van der Waals surface area (Å²) in [7, 11) is 0. The number of carbonyl (C=O) groups is 1. The molecule has 3 heteroatoms. The van der Waals surface area contributed by atoms with Gasteiger partial charge in [0, 0.05) is 5.69 Å². The highest BCUT2D eigenvalue weighted by Gasteiger charge is 2.01. The van der Waals surface area contributed by atoms with Crippen molar-refractivity contribution in [2.24, 2.45) is 0 Å². The molecule has 0 fully saturated rings. The third kappa shape index (κ3) is 1.56. The van der Waals surface area contributed by atoms with Crippen LogP contribution in [0.3, 0.4) is 0 Å². The summed E-state index contributed by atoms with van der Waals surface area (Å²) < 4.78 is 0. The number of phenolic OH excluding ortho intramolecular Hbond substituents is 1. The highest BCUT2D eigenvalue weighted by Crippen LogP contribution is 2.24. The van der Waals surface area contributed by atoms with Crippen molar-refractivity contribution < 1.29 is 9.90 Å². The van der Waals surface area contributed by atoms with Crippen molar-refractivity contribution in [3.8, 4) is 5.75 Å². The lowest BCUT2D eigenvalue weighted by atomic mass is 10.1. The molecule has 1 amide bonds. The number of carbonyl (C=O) groups excluding carboxylic acids is 1. The lowest BCUT2D eigenvalue weighted by molar-refractivity contribution is -0.105. The number of amides is 1. The number of anilines is 1. The summed E-state index contributed by atoms with van der Waals surface area (Å²) in [6.45, 7) is 3.61. The van der Waals surface area contributed by atoms with Gasteiger partial charge in [0.05, 0.1) is 0 Å². The molecule has 1 rings (SSSR count). The fourth-order valence-electron chi connectivity index (χ4n) is 1.02. The molecule has 2 N–H and O–H groups in total. The summed E-state index contributed by atoms with van der Waals surface area (Å²) in [6, 6.07) is 3.36. The van der Waals surface area contributed by atoms with Crippen molar-refractivity contribution in [1.82, 2.24) is 0 Å². The zero-order chi connectivity index (χ0) is 9.14. The molecule has 0 bridgehead atoms. The zero-order valence-electron chi connectivity index (χ0n) is 7.09. The fraction of sp³-hybridized carbons (Fsp3) is 0.222. The van der Waals surface area contributed by atoms with Gasteiger partial charge in [-0.15, -0.1) is 0 Å². The molecule has 0 saturated heterocycles. The van der Waals surface area contributed by atoms with Crippen LogP contribution in [-0.4, -0.2) is 11.5 Å². The lowest BCUT2D eigenvalue weighted by Gasteiger charge is -2.06. The molecular weight excluding hydrogens is 154 g/mol. The molecule has 1 aromatic rings. The average molecular weight is 165 g/mol. The summed E-state index contributed by atoms with van der Waals surface area (Å²) >= 11 is 0. The molecule has 0 radical (unpaired) electrons. The lowest BCUT2D eigenvalue weighted by Crippen LogP contribution is -1.96. The molecule has 0 aromatic heterocycles. The van der Waals surface area contributed by atoms with Crippen molar-refractivity contribution >= 4 is 12.1 Å². The van der Waals surface area contributed by atoms with E-state index in [2.05, 4.69) is 5.32 Å². The van der Waals surface area contributed by atoms with Gasteiger partial charge in [0.25, 0.3) is 0 Å². The van der Waals surface area contributed by atoms with Gasteiger partial charge >= 0.3 is 0 Å². The predicted octanol–water partition coefficient (Wildman–Crippen LogP) is 1.58. The zero-order valence-corrected chi connectivity index (χ0v) is 7.09. The Morgan fingerprint density at radius 1 is 1.33 bits per heavy atom. The second-order valence-electron chi connectivity index (χ2n) is 2.72. The SMILES string of the molecule is Cc1cc(NC=O)c(C)cc1O. The van der Waals surface area contributed by atoms with Crippen LogP contribution in [0.25, 0.3) is 0 Å². The Morgan fingerprint density at radius 2 is 2.00 bits per heavy atom. The smallest absolute Gasteiger partial charge is 0.211 e. The standard InChI is InChI=1S/C9H11NO2/c1-6-4-9(12)7(2)3-8(6)10-5-11/h3-5,12H,1-2H3,(H,10,11). The highest BCUT2D eigenvalue weighted by atomic mass is 16.3. The van der Waals surface area contributed by atoms with E-state index in [-0.39, 0.29) is 5.75 Å². The van der Waals surface area contributed by atoms with Crippen molar-refractivity contribution in [2.75, 3.05) is 5.32 Å². The molecular formula is C9H11NO2. The maximum Gasteiger partial charge on any atom is 0.211 e. The first-order valence-electron chi connectivity index (χ1n) is 3.65. The molecule has 12 heavy (non-hydrogen) atoms. The predicted molar refractivity (Wildman–Crippen MR) is 47.3 cm³/mol. The van der Waals surface area contributed by atoms with E-state index in [0.717, 1.165) is 16.8 Å². The van der Waals surface area contributed by atoms with Crippen molar-refractivity contribution in [1.29, 1.82) is 0 Å². The number of benzene rings is 1. The minimum Gasteiger partial charge on any atom is -0.508 e. The number of rotatable bonds is 2. The van der Waals surface area contributed by atoms with E-state index >= 15 is 0 Å². The Bertz CT molecular complexity index is 308. The Balaban J connectivity index is 3.13. The van der Waals surface area contributed by atoms with Crippen LogP contribution in [0.2, 0.25) is 0 Å². The van der Waals surface area contributed by atoms with E-state index in [4.69, 9.17) is 0 Å². The first kappa shape index (κ1) is 8.59. The monoisotopic (exact) mass is 165 g/mol. The first-order valence-corrected chi connectivity index (χ1v) is 3.65. The van der Waals surface area contributed by atoms with Gasteiger partial charge in [-0.3, -0.25) is 4.79 Å². The topological polar surface area (TPSA) is 49.3 Å². The van der Waals surface area contributed by atoms with Gasteiger partial charge in [-0.2, -0.15) is 0 Å². The van der Waals surface area contributed by atoms with Crippen LogP contribution in [-0.2, 0) is 4.79 Å². The minimum absolute atomic E-state index is 0.254. The summed E-state index contributed by atoms with van der Waals surface area (Å²) in [5, 5.41) is 11.8. The Morgan fingerprint density at radius 3 is 2.58 bits per heavy atom. The maximum atomic E-state index is 10.1. The first-order chi connectivity index (χ1) is 5.65. The number of aryl methyl sites for hydroxylation is 2. The molecule has 0 spiro atoms.